The van der Waals surface area contributed by atoms with Gasteiger partial charge in [0.05, 0.1) is 0 Å². The summed E-state index contributed by atoms with van der Waals surface area (Å²) < 4.78 is 0. The minimum atomic E-state index is 0.771. The summed E-state index contributed by atoms with van der Waals surface area (Å²) in [7, 11) is 4.23. The molecule has 0 aliphatic heterocycles. The molecule has 0 heterocycles. The van der Waals surface area contributed by atoms with Crippen LogP contribution in [0.2, 0.25) is 0 Å². The minimum Gasteiger partial charge on any atom is -0.330 e. The highest BCUT2D eigenvalue weighted by Crippen LogP contribution is 2.04. The molecule has 1 aromatic rings. The second-order valence-electron chi connectivity index (χ2n) is 4.71. The largest absolute Gasteiger partial charge is 0.330 e. The first-order chi connectivity index (χ1) is 8.22. The van der Waals surface area contributed by atoms with Crippen molar-refractivity contribution in [2.75, 3.05) is 40.3 Å². The predicted octanol–water partition coefficient (Wildman–Crippen LogP) is 1.40. The molecule has 0 saturated heterocycles. The van der Waals surface area contributed by atoms with Crippen LogP contribution in [0.4, 0.5) is 0 Å². The van der Waals surface area contributed by atoms with E-state index in [1.54, 1.807) is 0 Å². The summed E-state index contributed by atoms with van der Waals surface area (Å²) in [5.74, 6) is 0. The Bertz CT molecular complexity index is 285. The Morgan fingerprint density at radius 2 is 1.71 bits per heavy atom. The lowest BCUT2D eigenvalue weighted by Gasteiger charge is -2.24. The van der Waals surface area contributed by atoms with Gasteiger partial charge >= 0.3 is 0 Å². The zero-order valence-electron chi connectivity index (χ0n) is 11.1. The monoisotopic (exact) mass is 235 g/mol. The van der Waals surface area contributed by atoms with Crippen molar-refractivity contribution in [2.45, 2.75) is 13.0 Å². The first-order valence-corrected chi connectivity index (χ1v) is 6.33. The van der Waals surface area contributed by atoms with Crippen LogP contribution in [0.25, 0.3) is 0 Å². The molecule has 0 bridgehead atoms. The third-order valence-corrected chi connectivity index (χ3v) is 2.79. The molecule has 1 aromatic carbocycles. The van der Waals surface area contributed by atoms with Crippen LogP contribution in [0.15, 0.2) is 30.3 Å². The van der Waals surface area contributed by atoms with Crippen LogP contribution in [0, 0.1) is 0 Å². The van der Waals surface area contributed by atoms with Crippen LogP contribution in [-0.4, -0.2) is 50.1 Å². The van der Waals surface area contributed by atoms with Gasteiger partial charge in [-0.3, -0.25) is 4.90 Å². The molecule has 0 aliphatic rings. The molecular formula is C14H25N3. The van der Waals surface area contributed by atoms with Crippen molar-refractivity contribution in [1.29, 1.82) is 0 Å². The number of hydrogen-bond donors (Lipinski definition) is 1. The summed E-state index contributed by atoms with van der Waals surface area (Å²) >= 11 is 0. The summed E-state index contributed by atoms with van der Waals surface area (Å²) in [6.45, 7) is 5.07. The molecule has 96 valence electrons. The zero-order valence-corrected chi connectivity index (χ0v) is 11.1. The van der Waals surface area contributed by atoms with Crippen LogP contribution in [0.5, 0.6) is 0 Å². The second-order valence-corrected chi connectivity index (χ2v) is 4.71. The molecule has 2 N–H and O–H groups in total. The van der Waals surface area contributed by atoms with Gasteiger partial charge in [0.1, 0.15) is 0 Å². The number of rotatable bonds is 8. The molecule has 3 nitrogen and oxygen atoms in total. The van der Waals surface area contributed by atoms with E-state index in [0.29, 0.717) is 0 Å². The average Bonchev–Trinajstić information content (AvgIpc) is 2.34. The summed E-state index contributed by atoms with van der Waals surface area (Å²) in [5, 5.41) is 0. The highest BCUT2D eigenvalue weighted by atomic mass is 15.2. The molecule has 0 aromatic heterocycles. The number of nitrogens with two attached hydrogens (primary N) is 1. The second kappa shape index (κ2) is 8.23. The Labute approximate surface area is 105 Å². The van der Waals surface area contributed by atoms with Gasteiger partial charge in [-0.25, -0.2) is 0 Å². The fourth-order valence-corrected chi connectivity index (χ4v) is 1.77. The van der Waals surface area contributed by atoms with E-state index < -0.39 is 0 Å². The molecule has 0 spiro atoms. The lowest BCUT2D eigenvalue weighted by Crippen LogP contribution is -2.32. The molecule has 0 amide bonds. The Hall–Kier alpha value is -0.900. The maximum absolute atomic E-state index is 5.59. The summed E-state index contributed by atoms with van der Waals surface area (Å²) in [5.41, 5.74) is 6.97. The summed E-state index contributed by atoms with van der Waals surface area (Å²) in [4.78, 5) is 4.70. The van der Waals surface area contributed by atoms with Gasteiger partial charge in [-0.15, -0.1) is 0 Å². The van der Waals surface area contributed by atoms with Gasteiger partial charge in [0, 0.05) is 19.6 Å². The van der Waals surface area contributed by atoms with Crippen molar-refractivity contribution in [2.24, 2.45) is 5.73 Å². The van der Waals surface area contributed by atoms with E-state index in [9.17, 15) is 0 Å². The zero-order chi connectivity index (χ0) is 12.5. The first kappa shape index (κ1) is 14.2. The number of benzene rings is 1. The molecule has 0 unspecified atom stereocenters. The number of nitrogens with zero attached hydrogens (tertiary/aromatic N) is 2. The van der Waals surface area contributed by atoms with Crippen molar-refractivity contribution in [3.05, 3.63) is 35.9 Å². The lowest BCUT2D eigenvalue weighted by atomic mass is 10.2. The summed E-state index contributed by atoms with van der Waals surface area (Å²) in [6, 6.07) is 10.6. The number of hydrogen-bond acceptors (Lipinski definition) is 3. The van der Waals surface area contributed by atoms with Gasteiger partial charge in [0.25, 0.3) is 0 Å². The minimum absolute atomic E-state index is 0.771. The van der Waals surface area contributed by atoms with Gasteiger partial charge in [-0.1, -0.05) is 30.3 Å². The Morgan fingerprint density at radius 1 is 1.00 bits per heavy atom. The van der Waals surface area contributed by atoms with Crippen LogP contribution >= 0.6 is 0 Å². The Kier molecular flexibility index (Phi) is 6.86. The topological polar surface area (TPSA) is 32.5 Å². The Balaban J connectivity index is 2.44. The summed E-state index contributed by atoms with van der Waals surface area (Å²) in [6.07, 6.45) is 1.07. The third-order valence-electron chi connectivity index (χ3n) is 2.79. The fraction of sp³-hybridized carbons (Fsp3) is 0.571. The SMILES string of the molecule is CN(C)CCN(CCCN)Cc1ccccc1. The maximum atomic E-state index is 5.59. The molecular weight excluding hydrogens is 210 g/mol. The molecule has 0 saturated carbocycles. The van der Waals surface area contributed by atoms with Gasteiger partial charge in [-0.05, 0) is 39.2 Å². The average molecular weight is 235 g/mol. The van der Waals surface area contributed by atoms with Crippen LogP contribution < -0.4 is 5.73 Å². The van der Waals surface area contributed by atoms with Crippen LogP contribution in [-0.2, 0) is 6.54 Å². The number of likely N-dealkylation sites (N-methyl/N-ethyl adjacent to an activating group) is 1. The van der Waals surface area contributed by atoms with E-state index in [4.69, 9.17) is 5.73 Å². The van der Waals surface area contributed by atoms with E-state index in [0.717, 1.165) is 39.1 Å². The van der Waals surface area contributed by atoms with E-state index in [1.807, 2.05) is 0 Å². The van der Waals surface area contributed by atoms with E-state index >= 15 is 0 Å². The van der Waals surface area contributed by atoms with Crippen molar-refractivity contribution in [1.82, 2.24) is 9.80 Å². The molecule has 0 fully saturated rings. The van der Waals surface area contributed by atoms with Crippen molar-refractivity contribution in [3.63, 3.8) is 0 Å². The molecule has 1 rings (SSSR count). The van der Waals surface area contributed by atoms with Crippen LogP contribution in [0.1, 0.15) is 12.0 Å². The van der Waals surface area contributed by atoms with Gasteiger partial charge in [-0.2, -0.15) is 0 Å². The third kappa shape index (κ3) is 6.41. The highest BCUT2D eigenvalue weighted by Gasteiger charge is 2.05. The van der Waals surface area contributed by atoms with E-state index in [1.165, 1.54) is 5.56 Å². The predicted molar refractivity (Wildman–Crippen MR) is 73.9 cm³/mol. The highest BCUT2D eigenvalue weighted by molar-refractivity contribution is 5.14. The van der Waals surface area contributed by atoms with Crippen molar-refractivity contribution >= 4 is 0 Å². The standard InChI is InChI=1S/C14H25N3/c1-16(2)11-12-17(10-6-9-15)13-14-7-4-3-5-8-14/h3-5,7-8H,6,9-13,15H2,1-2H3. The van der Waals surface area contributed by atoms with Crippen LogP contribution in [0.3, 0.4) is 0 Å². The molecule has 0 atom stereocenters. The van der Waals surface area contributed by atoms with Crippen molar-refractivity contribution in [3.8, 4) is 0 Å². The van der Waals surface area contributed by atoms with Gasteiger partial charge in [0.15, 0.2) is 0 Å². The quantitative estimate of drug-likeness (QED) is 0.739. The molecule has 0 radical (unpaired) electrons. The maximum Gasteiger partial charge on any atom is 0.0234 e. The molecule has 17 heavy (non-hydrogen) atoms. The van der Waals surface area contributed by atoms with Gasteiger partial charge < -0.3 is 10.6 Å². The smallest absolute Gasteiger partial charge is 0.0234 e. The Morgan fingerprint density at radius 3 is 2.29 bits per heavy atom. The first-order valence-electron chi connectivity index (χ1n) is 6.33. The van der Waals surface area contributed by atoms with Gasteiger partial charge in [0.2, 0.25) is 0 Å². The molecule has 3 heteroatoms. The normalized spacial score (nSPS) is 11.4. The van der Waals surface area contributed by atoms with Crippen molar-refractivity contribution < 1.29 is 0 Å². The van der Waals surface area contributed by atoms with E-state index in [-0.39, 0.29) is 0 Å². The van der Waals surface area contributed by atoms with E-state index in [2.05, 4.69) is 54.2 Å². The fourth-order valence-electron chi connectivity index (χ4n) is 1.77. The molecule has 0 aliphatic carbocycles. The lowest BCUT2D eigenvalue weighted by molar-refractivity contribution is 0.232.